The van der Waals surface area contributed by atoms with Crippen LogP contribution in [0.3, 0.4) is 0 Å². The summed E-state index contributed by atoms with van der Waals surface area (Å²) in [5.74, 6) is 1.13. The van der Waals surface area contributed by atoms with E-state index in [9.17, 15) is 0 Å². The first-order valence-corrected chi connectivity index (χ1v) is 14.4. The van der Waals surface area contributed by atoms with Crippen LogP contribution in [0.1, 0.15) is 42.4 Å². The van der Waals surface area contributed by atoms with Crippen LogP contribution in [0.25, 0.3) is 0 Å². The van der Waals surface area contributed by atoms with Gasteiger partial charge in [0.05, 0.1) is 19.4 Å². The minimum absolute atomic E-state index is 0.492. The highest BCUT2D eigenvalue weighted by molar-refractivity contribution is 6.32. The summed E-state index contributed by atoms with van der Waals surface area (Å²) in [5, 5.41) is 7.37. The molecule has 0 bridgehead atoms. The van der Waals surface area contributed by atoms with Crippen molar-refractivity contribution in [3.05, 3.63) is 70.4 Å². The molecule has 0 radical (unpaired) electrons. The number of halogens is 1. The number of fused-ring (bicyclic) bond motifs is 1. The standard InChI is InChI=1S/C30H37ClN6O/c31-27-20-32-30(35-29(27)34-28-6-2-1-5-24(28)21-36-15-17-38-18-16-36)33-25-10-7-22-8-11-26(12-9-23(22)19-25)37-13-3-4-14-37/h1-2,5-7,10,19-20,26H,3-4,8-9,11-18,21H2,(H2,32,33,34,35)/t26-/m0/s1. The molecule has 0 saturated carbocycles. The number of hydrogen-bond donors (Lipinski definition) is 2. The zero-order valence-electron chi connectivity index (χ0n) is 22.0. The van der Waals surface area contributed by atoms with Crippen LogP contribution in [0.4, 0.5) is 23.1 Å². The maximum atomic E-state index is 6.53. The van der Waals surface area contributed by atoms with Crippen molar-refractivity contribution < 1.29 is 4.74 Å². The number of benzene rings is 2. The van der Waals surface area contributed by atoms with Crippen LogP contribution in [0.15, 0.2) is 48.7 Å². The molecule has 2 N–H and O–H groups in total. The van der Waals surface area contributed by atoms with E-state index in [0.29, 0.717) is 16.8 Å². The molecule has 200 valence electrons. The van der Waals surface area contributed by atoms with E-state index in [1.165, 1.54) is 55.5 Å². The van der Waals surface area contributed by atoms with Gasteiger partial charge in [-0.1, -0.05) is 35.9 Å². The van der Waals surface area contributed by atoms with Gasteiger partial charge in [-0.15, -0.1) is 0 Å². The quantitative estimate of drug-likeness (QED) is 0.373. The molecular weight excluding hydrogens is 496 g/mol. The Morgan fingerprint density at radius 1 is 0.921 bits per heavy atom. The predicted molar refractivity (Wildman–Crippen MR) is 154 cm³/mol. The number of likely N-dealkylation sites (tertiary alicyclic amines) is 1. The third kappa shape index (κ3) is 6.12. The molecule has 1 atom stereocenters. The van der Waals surface area contributed by atoms with Gasteiger partial charge in [0, 0.05) is 37.1 Å². The minimum atomic E-state index is 0.492. The molecular formula is C30H37ClN6O. The summed E-state index contributed by atoms with van der Waals surface area (Å²) in [7, 11) is 0. The molecule has 0 spiro atoms. The summed E-state index contributed by atoms with van der Waals surface area (Å²) in [6.45, 7) is 6.85. The van der Waals surface area contributed by atoms with E-state index in [1.54, 1.807) is 6.20 Å². The van der Waals surface area contributed by atoms with E-state index < -0.39 is 0 Å². The molecule has 1 aromatic heterocycles. The van der Waals surface area contributed by atoms with Gasteiger partial charge in [0.1, 0.15) is 5.02 Å². The Morgan fingerprint density at radius 3 is 2.55 bits per heavy atom. The number of aromatic nitrogens is 2. The third-order valence-corrected chi connectivity index (χ3v) is 8.40. The van der Waals surface area contributed by atoms with Gasteiger partial charge < -0.3 is 20.3 Å². The van der Waals surface area contributed by atoms with Crippen LogP contribution in [0, 0.1) is 0 Å². The van der Waals surface area contributed by atoms with Crippen LogP contribution < -0.4 is 10.6 Å². The van der Waals surface area contributed by atoms with Gasteiger partial charge in [0.2, 0.25) is 5.95 Å². The van der Waals surface area contributed by atoms with Gasteiger partial charge in [0.15, 0.2) is 5.82 Å². The zero-order chi connectivity index (χ0) is 25.7. The molecule has 3 aromatic rings. The Balaban J connectivity index is 1.15. The van der Waals surface area contributed by atoms with Crippen LogP contribution in [-0.2, 0) is 24.1 Å². The largest absolute Gasteiger partial charge is 0.379 e. The van der Waals surface area contributed by atoms with Crippen molar-refractivity contribution >= 4 is 34.7 Å². The van der Waals surface area contributed by atoms with Crippen LogP contribution in [0.2, 0.25) is 5.02 Å². The Bertz CT molecular complexity index is 1240. The monoisotopic (exact) mass is 532 g/mol. The summed E-state index contributed by atoms with van der Waals surface area (Å²) in [5.41, 5.74) is 6.15. The van der Waals surface area contributed by atoms with Gasteiger partial charge in [-0.2, -0.15) is 4.98 Å². The number of ether oxygens (including phenoxy) is 1. The van der Waals surface area contributed by atoms with Crippen molar-refractivity contribution in [2.45, 2.75) is 51.1 Å². The lowest BCUT2D eigenvalue weighted by atomic mass is 10.0. The molecule has 0 unspecified atom stereocenters. The van der Waals surface area contributed by atoms with Crippen molar-refractivity contribution in [3.63, 3.8) is 0 Å². The fraction of sp³-hybridized carbons (Fsp3) is 0.467. The number of hydrogen-bond acceptors (Lipinski definition) is 7. The molecule has 1 aliphatic carbocycles. The van der Waals surface area contributed by atoms with E-state index in [0.717, 1.165) is 63.1 Å². The van der Waals surface area contributed by atoms with Crippen molar-refractivity contribution in [1.82, 2.24) is 19.8 Å². The Morgan fingerprint density at radius 2 is 1.71 bits per heavy atom. The van der Waals surface area contributed by atoms with Gasteiger partial charge in [-0.05, 0) is 86.5 Å². The first-order valence-electron chi connectivity index (χ1n) is 14.0. The van der Waals surface area contributed by atoms with E-state index in [-0.39, 0.29) is 0 Å². The second-order valence-corrected chi connectivity index (χ2v) is 11.1. The van der Waals surface area contributed by atoms with Crippen molar-refractivity contribution in [2.75, 3.05) is 50.0 Å². The molecule has 2 aromatic carbocycles. The molecule has 3 aliphatic rings. The Kier molecular flexibility index (Phi) is 8.07. The Hall–Kier alpha value is -2.71. The summed E-state index contributed by atoms with van der Waals surface area (Å²) in [4.78, 5) is 14.3. The van der Waals surface area contributed by atoms with Gasteiger partial charge in [0.25, 0.3) is 0 Å². The lowest BCUT2D eigenvalue weighted by molar-refractivity contribution is 0.0343. The number of rotatable bonds is 7. The van der Waals surface area contributed by atoms with Crippen molar-refractivity contribution in [3.8, 4) is 0 Å². The minimum Gasteiger partial charge on any atom is -0.379 e. The van der Waals surface area contributed by atoms with E-state index in [4.69, 9.17) is 21.3 Å². The van der Waals surface area contributed by atoms with Gasteiger partial charge in [-0.25, -0.2) is 4.98 Å². The first kappa shape index (κ1) is 25.6. The topological polar surface area (TPSA) is 65.6 Å². The highest BCUT2D eigenvalue weighted by atomic mass is 35.5. The highest BCUT2D eigenvalue weighted by Gasteiger charge is 2.24. The molecule has 0 amide bonds. The van der Waals surface area contributed by atoms with Gasteiger partial charge in [-0.3, -0.25) is 4.90 Å². The lowest BCUT2D eigenvalue weighted by Crippen LogP contribution is -2.35. The van der Waals surface area contributed by atoms with Crippen molar-refractivity contribution in [1.29, 1.82) is 0 Å². The van der Waals surface area contributed by atoms with Crippen LogP contribution >= 0.6 is 11.6 Å². The van der Waals surface area contributed by atoms with Crippen molar-refractivity contribution in [2.24, 2.45) is 0 Å². The highest BCUT2D eigenvalue weighted by Crippen LogP contribution is 2.30. The third-order valence-electron chi connectivity index (χ3n) is 8.13. The van der Waals surface area contributed by atoms with E-state index in [2.05, 4.69) is 61.8 Å². The molecule has 6 rings (SSSR count). The number of nitrogens with one attached hydrogen (secondary N) is 2. The average Bonchev–Trinajstić information content (AvgIpc) is 3.40. The number of para-hydroxylation sites is 1. The fourth-order valence-electron chi connectivity index (χ4n) is 5.99. The molecule has 2 fully saturated rings. The van der Waals surface area contributed by atoms with E-state index >= 15 is 0 Å². The number of aryl methyl sites for hydroxylation is 2. The summed E-state index contributed by atoms with van der Waals surface area (Å²) in [6, 6.07) is 15.8. The van der Waals surface area contributed by atoms with Gasteiger partial charge >= 0.3 is 0 Å². The molecule has 2 aliphatic heterocycles. The summed E-state index contributed by atoms with van der Waals surface area (Å²) < 4.78 is 5.50. The smallest absolute Gasteiger partial charge is 0.229 e. The Labute approximate surface area is 230 Å². The fourth-order valence-corrected chi connectivity index (χ4v) is 6.13. The number of nitrogens with zero attached hydrogens (tertiary/aromatic N) is 4. The number of anilines is 4. The molecule has 3 heterocycles. The maximum Gasteiger partial charge on any atom is 0.229 e. The maximum absolute atomic E-state index is 6.53. The molecule has 8 heteroatoms. The SMILES string of the molecule is Clc1cnc(Nc2ccc3c(c2)CC[C@@H](N2CCCC2)CC3)nc1Nc1ccccc1CN1CCOCC1. The van der Waals surface area contributed by atoms with Crippen LogP contribution in [-0.4, -0.2) is 65.2 Å². The molecule has 38 heavy (non-hydrogen) atoms. The average molecular weight is 533 g/mol. The molecule has 2 saturated heterocycles. The van der Waals surface area contributed by atoms with E-state index in [1.807, 2.05) is 6.07 Å². The summed E-state index contributed by atoms with van der Waals surface area (Å²) in [6.07, 6.45) is 9.16. The zero-order valence-corrected chi connectivity index (χ0v) is 22.7. The second kappa shape index (κ2) is 12.0. The van der Waals surface area contributed by atoms with Crippen LogP contribution in [0.5, 0.6) is 0 Å². The summed E-state index contributed by atoms with van der Waals surface area (Å²) >= 11 is 6.53. The predicted octanol–water partition coefficient (Wildman–Crippen LogP) is 5.79. The number of morpholine rings is 1. The second-order valence-electron chi connectivity index (χ2n) is 10.6. The normalized spacial score (nSPS) is 20.6. The molecule has 7 nitrogen and oxygen atoms in total. The lowest BCUT2D eigenvalue weighted by Gasteiger charge is -2.27. The first-order chi connectivity index (χ1) is 18.7.